The van der Waals surface area contributed by atoms with Crippen molar-refractivity contribution in [2.45, 2.75) is 32.4 Å². The molecule has 3 aromatic rings. The zero-order valence-corrected chi connectivity index (χ0v) is 17.6. The Balaban J connectivity index is 1.37. The van der Waals surface area contributed by atoms with E-state index in [1.165, 1.54) is 5.56 Å². The van der Waals surface area contributed by atoms with Crippen molar-refractivity contribution in [2.75, 3.05) is 18.4 Å². The number of nitrogens with one attached hydrogen (secondary N) is 1. The molecule has 0 saturated carbocycles. The van der Waals surface area contributed by atoms with E-state index in [1.807, 2.05) is 31.2 Å². The molecule has 1 fully saturated rings. The molecule has 1 aliphatic heterocycles. The van der Waals surface area contributed by atoms with E-state index in [-0.39, 0.29) is 0 Å². The molecule has 1 N–H and O–H groups in total. The second kappa shape index (κ2) is 8.13. The summed E-state index contributed by atoms with van der Waals surface area (Å²) in [6.07, 6.45) is 2.18. The minimum atomic E-state index is 0.416. The first-order chi connectivity index (χ1) is 13.1. The van der Waals surface area contributed by atoms with Crippen LogP contribution < -0.4 is 5.32 Å². The summed E-state index contributed by atoms with van der Waals surface area (Å²) in [5.74, 6) is 0.735. The van der Waals surface area contributed by atoms with E-state index >= 15 is 0 Å². The number of hydrogen-bond acceptors (Lipinski definition) is 4. The van der Waals surface area contributed by atoms with Crippen LogP contribution in [0.15, 0.2) is 46.9 Å². The normalized spacial score (nSPS) is 16.0. The molecule has 27 heavy (non-hydrogen) atoms. The van der Waals surface area contributed by atoms with E-state index in [4.69, 9.17) is 16.6 Å². The van der Waals surface area contributed by atoms with Gasteiger partial charge in [-0.25, -0.2) is 9.97 Å². The smallest absolute Gasteiger partial charge is 0.223 e. The molecule has 2 aromatic carbocycles. The SMILES string of the molecule is Cc1nc(NC2CCN(Cc3ccc(Cl)cc3)CC2)nc2ccc(Br)cc12. The zero-order chi connectivity index (χ0) is 18.8. The predicted molar refractivity (Wildman–Crippen MR) is 115 cm³/mol. The molecule has 1 aromatic heterocycles. The van der Waals surface area contributed by atoms with Crippen molar-refractivity contribution >= 4 is 44.4 Å². The van der Waals surface area contributed by atoms with Gasteiger partial charge >= 0.3 is 0 Å². The first kappa shape index (κ1) is 18.7. The van der Waals surface area contributed by atoms with Crippen LogP contribution in [0.2, 0.25) is 5.02 Å². The molecule has 1 aliphatic rings. The van der Waals surface area contributed by atoms with E-state index in [2.05, 4.69) is 49.3 Å². The lowest BCUT2D eigenvalue weighted by atomic mass is 10.0. The fourth-order valence-corrected chi connectivity index (χ4v) is 4.07. The highest BCUT2D eigenvalue weighted by atomic mass is 79.9. The Morgan fingerprint density at radius 2 is 1.85 bits per heavy atom. The summed E-state index contributed by atoms with van der Waals surface area (Å²) in [5.41, 5.74) is 3.29. The van der Waals surface area contributed by atoms with Crippen LogP contribution in [0.4, 0.5) is 5.95 Å². The van der Waals surface area contributed by atoms with E-state index in [9.17, 15) is 0 Å². The van der Waals surface area contributed by atoms with Crippen LogP contribution in [0.1, 0.15) is 24.1 Å². The van der Waals surface area contributed by atoms with Gasteiger partial charge in [0.1, 0.15) is 0 Å². The first-order valence-electron chi connectivity index (χ1n) is 9.24. The molecule has 140 valence electrons. The van der Waals surface area contributed by atoms with Crippen LogP contribution in [0, 0.1) is 6.92 Å². The van der Waals surface area contributed by atoms with Crippen molar-refractivity contribution < 1.29 is 0 Å². The average Bonchev–Trinajstić information content (AvgIpc) is 2.66. The third-order valence-electron chi connectivity index (χ3n) is 5.09. The maximum Gasteiger partial charge on any atom is 0.223 e. The Morgan fingerprint density at radius 1 is 1.11 bits per heavy atom. The standard InChI is InChI=1S/C21H22BrClN4/c1-14-19-12-16(22)4-7-20(19)26-21(24-14)25-18-8-10-27(11-9-18)13-15-2-5-17(23)6-3-15/h2-7,12,18H,8-11,13H2,1H3,(H,24,25,26). The van der Waals surface area contributed by atoms with E-state index in [0.717, 1.165) is 64.5 Å². The van der Waals surface area contributed by atoms with Gasteiger partial charge in [-0.15, -0.1) is 0 Å². The molecule has 0 radical (unpaired) electrons. The molecule has 6 heteroatoms. The minimum absolute atomic E-state index is 0.416. The summed E-state index contributed by atoms with van der Waals surface area (Å²) >= 11 is 9.48. The maximum absolute atomic E-state index is 5.97. The number of fused-ring (bicyclic) bond motifs is 1. The van der Waals surface area contributed by atoms with Crippen LogP contribution in [-0.2, 0) is 6.54 Å². The third kappa shape index (κ3) is 4.60. The molecule has 0 aliphatic carbocycles. The van der Waals surface area contributed by atoms with Gasteiger partial charge in [-0.05, 0) is 55.7 Å². The number of nitrogens with zero attached hydrogens (tertiary/aromatic N) is 3. The molecule has 0 atom stereocenters. The van der Waals surface area contributed by atoms with Gasteiger partial charge in [0.25, 0.3) is 0 Å². The lowest BCUT2D eigenvalue weighted by molar-refractivity contribution is 0.211. The Hall–Kier alpha value is -1.69. The number of likely N-dealkylation sites (tertiary alicyclic amines) is 1. The topological polar surface area (TPSA) is 41.1 Å². The van der Waals surface area contributed by atoms with Crippen molar-refractivity contribution in [1.29, 1.82) is 0 Å². The molecule has 0 bridgehead atoms. The molecule has 2 heterocycles. The maximum atomic E-state index is 5.97. The Morgan fingerprint density at radius 3 is 2.59 bits per heavy atom. The summed E-state index contributed by atoms with van der Waals surface area (Å²) < 4.78 is 1.05. The first-order valence-corrected chi connectivity index (χ1v) is 10.4. The molecule has 1 saturated heterocycles. The van der Waals surface area contributed by atoms with Gasteiger partial charge in [0.2, 0.25) is 5.95 Å². The van der Waals surface area contributed by atoms with E-state index in [0.29, 0.717) is 6.04 Å². The second-order valence-electron chi connectivity index (χ2n) is 7.12. The lowest BCUT2D eigenvalue weighted by Gasteiger charge is -2.32. The van der Waals surface area contributed by atoms with Crippen molar-refractivity contribution in [3.63, 3.8) is 0 Å². The molecule has 0 unspecified atom stereocenters. The summed E-state index contributed by atoms with van der Waals surface area (Å²) in [4.78, 5) is 11.9. The Bertz CT molecular complexity index is 937. The highest BCUT2D eigenvalue weighted by Crippen LogP contribution is 2.23. The van der Waals surface area contributed by atoms with Gasteiger partial charge in [-0.3, -0.25) is 4.90 Å². The van der Waals surface area contributed by atoms with Gasteiger partial charge in [0.05, 0.1) is 11.2 Å². The Kier molecular flexibility index (Phi) is 5.62. The number of rotatable bonds is 4. The van der Waals surface area contributed by atoms with Gasteiger partial charge in [0.15, 0.2) is 0 Å². The summed E-state index contributed by atoms with van der Waals surface area (Å²) in [6, 6.07) is 14.7. The van der Waals surface area contributed by atoms with Crippen molar-refractivity contribution in [3.8, 4) is 0 Å². The fourth-order valence-electron chi connectivity index (χ4n) is 3.58. The van der Waals surface area contributed by atoms with Crippen molar-refractivity contribution in [2.24, 2.45) is 0 Å². The summed E-state index contributed by atoms with van der Waals surface area (Å²) in [7, 11) is 0. The minimum Gasteiger partial charge on any atom is -0.351 e. The number of piperidine rings is 1. The number of hydrogen-bond donors (Lipinski definition) is 1. The van der Waals surface area contributed by atoms with Crippen LogP contribution in [-0.4, -0.2) is 34.0 Å². The predicted octanol–water partition coefficient (Wildman–Crippen LogP) is 5.43. The average molecular weight is 446 g/mol. The monoisotopic (exact) mass is 444 g/mol. The molecule has 0 amide bonds. The quantitative estimate of drug-likeness (QED) is 0.581. The fraction of sp³-hybridized carbons (Fsp3) is 0.333. The summed E-state index contributed by atoms with van der Waals surface area (Å²) in [6.45, 7) is 5.15. The lowest BCUT2D eigenvalue weighted by Crippen LogP contribution is -2.39. The number of benzene rings is 2. The molecule has 0 spiro atoms. The van der Waals surface area contributed by atoms with E-state index in [1.54, 1.807) is 0 Å². The largest absolute Gasteiger partial charge is 0.351 e. The number of halogens is 2. The zero-order valence-electron chi connectivity index (χ0n) is 15.3. The van der Waals surface area contributed by atoms with Crippen LogP contribution in [0.3, 0.4) is 0 Å². The van der Waals surface area contributed by atoms with Crippen LogP contribution >= 0.6 is 27.5 Å². The molecule has 4 nitrogen and oxygen atoms in total. The van der Waals surface area contributed by atoms with Gasteiger partial charge < -0.3 is 5.32 Å². The van der Waals surface area contributed by atoms with Crippen LogP contribution in [0.25, 0.3) is 10.9 Å². The van der Waals surface area contributed by atoms with Gasteiger partial charge in [-0.1, -0.05) is 39.7 Å². The highest BCUT2D eigenvalue weighted by molar-refractivity contribution is 9.10. The number of aromatic nitrogens is 2. The van der Waals surface area contributed by atoms with Crippen LogP contribution in [0.5, 0.6) is 0 Å². The Labute approximate surface area is 173 Å². The summed E-state index contributed by atoms with van der Waals surface area (Å²) in [5, 5.41) is 5.42. The van der Waals surface area contributed by atoms with E-state index < -0.39 is 0 Å². The highest BCUT2D eigenvalue weighted by Gasteiger charge is 2.20. The van der Waals surface area contributed by atoms with Crippen molar-refractivity contribution in [1.82, 2.24) is 14.9 Å². The van der Waals surface area contributed by atoms with Crippen molar-refractivity contribution in [3.05, 3.63) is 63.2 Å². The molecule has 4 rings (SSSR count). The van der Waals surface area contributed by atoms with Gasteiger partial charge in [0, 0.05) is 40.6 Å². The number of anilines is 1. The van der Waals surface area contributed by atoms with Gasteiger partial charge in [-0.2, -0.15) is 0 Å². The third-order valence-corrected chi connectivity index (χ3v) is 5.83. The molecular weight excluding hydrogens is 424 g/mol. The molecular formula is C21H22BrClN4. The second-order valence-corrected chi connectivity index (χ2v) is 8.47. The number of aryl methyl sites for hydroxylation is 1.